The first-order chi connectivity index (χ1) is 11.5. The molecule has 1 aromatic heterocycles. The molecule has 0 unspecified atom stereocenters. The van der Waals surface area contributed by atoms with Crippen LogP contribution in [0.3, 0.4) is 0 Å². The molecule has 3 N–H and O–H groups in total. The van der Waals surface area contributed by atoms with E-state index in [1.807, 2.05) is 0 Å². The molecule has 0 saturated heterocycles. The van der Waals surface area contributed by atoms with Gasteiger partial charge in [0.1, 0.15) is 5.69 Å². The van der Waals surface area contributed by atoms with Gasteiger partial charge in [0.2, 0.25) is 20.0 Å². The molecule has 0 amide bonds. The number of benzene rings is 1. The van der Waals surface area contributed by atoms with Gasteiger partial charge in [-0.2, -0.15) is 3.71 Å². The third-order valence-corrected chi connectivity index (χ3v) is 6.05. The van der Waals surface area contributed by atoms with Gasteiger partial charge in [-0.05, 0) is 24.3 Å². The summed E-state index contributed by atoms with van der Waals surface area (Å²) in [6.07, 6.45) is 1.54. The van der Waals surface area contributed by atoms with Gasteiger partial charge >= 0.3 is 0 Å². The minimum Gasteiger partial charge on any atom is -0.504 e. The maximum atomic E-state index is 11.9. The average Bonchev–Trinajstić information content (AvgIpc) is 2.47. The number of pyridine rings is 1. The summed E-state index contributed by atoms with van der Waals surface area (Å²) in [6.45, 7) is 0. The van der Waals surface area contributed by atoms with Crippen molar-refractivity contribution in [3.63, 3.8) is 0 Å². The van der Waals surface area contributed by atoms with Crippen molar-refractivity contribution < 1.29 is 21.9 Å². The Kier molecular flexibility index (Phi) is 4.94. The standard InChI is InChI=1S/C13H15N5O5S2/c1-24(20,21)18(25(2,22)23)10-6-4-3-5-9(10)16-17-12-8-7-11(19)13(14)15-12/h3-8,19H,1-2H3,(H2,14,15). The smallest absolute Gasteiger partial charge is 0.245 e. The van der Waals surface area contributed by atoms with Crippen LogP contribution in [0.25, 0.3) is 0 Å². The maximum absolute atomic E-state index is 11.9. The molecule has 2 aromatic rings. The lowest BCUT2D eigenvalue weighted by atomic mass is 10.3. The maximum Gasteiger partial charge on any atom is 0.245 e. The van der Waals surface area contributed by atoms with Gasteiger partial charge in [-0.15, -0.1) is 10.2 Å². The highest BCUT2D eigenvalue weighted by Crippen LogP contribution is 2.33. The number of nitrogen functional groups attached to an aromatic ring is 1. The molecule has 0 aliphatic rings. The van der Waals surface area contributed by atoms with Gasteiger partial charge in [0.15, 0.2) is 17.4 Å². The summed E-state index contributed by atoms with van der Waals surface area (Å²) in [6, 6.07) is 8.29. The summed E-state index contributed by atoms with van der Waals surface area (Å²) in [5, 5.41) is 17.0. The molecule has 2 rings (SSSR count). The zero-order valence-corrected chi connectivity index (χ0v) is 14.9. The van der Waals surface area contributed by atoms with E-state index in [2.05, 4.69) is 15.2 Å². The Morgan fingerprint density at radius 3 is 2.16 bits per heavy atom. The number of hydrogen-bond acceptors (Lipinski definition) is 9. The van der Waals surface area contributed by atoms with Crippen LogP contribution in [-0.4, -0.2) is 39.4 Å². The molecule has 0 radical (unpaired) electrons. The third-order valence-electron chi connectivity index (χ3n) is 2.83. The Labute approximate surface area is 144 Å². The first-order valence-corrected chi connectivity index (χ1v) is 10.4. The molecule has 134 valence electrons. The van der Waals surface area contributed by atoms with Gasteiger partial charge in [0.05, 0.1) is 18.2 Å². The second kappa shape index (κ2) is 6.64. The normalized spacial score (nSPS) is 12.4. The predicted molar refractivity (Wildman–Crippen MR) is 93.1 cm³/mol. The van der Waals surface area contributed by atoms with E-state index in [9.17, 15) is 21.9 Å². The van der Waals surface area contributed by atoms with Gasteiger partial charge < -0.3 is 10.8 Å². The Balaban J connectivity index is 2.54. The molecule has 10 nitrogen and oxygen atoms in total. The molecule has 0 atom stereocenters. The van der Waals surface area contributed by atoms with Crippen LogP contribution in [0, 0.1) is 0 Å². The van der Waals surface area contributed by atoms with Crippen LogP contribution < -0.4 is 9.44 Å². The van der Waals surface area contributed by atoms with E-state index >= 15 is 0 Å². The average molecular weight is 385 g/mol. The molecule has 0 aliphatic heterocycles. The highest BCUT2D eigenvalue weighted by molar-refractivity contribution is 8.09. The number of aromatic nitrogens is 1. The van der Waals surface area contributed by atoms with Crippen LogP contribution in [0.1, 0.15) is 0 Å². The number of nitrogens with zero attached hydrogens (tertiary/aromatic N) is 4. The minimum absolute atomic E-state index is 0.00760. The van der Waals surface area contributed by atoms with Gasteiger partial charge in [-0.1, -0.05) is 12.1 Å². The van der Waals surface area contributed by atoms with Crippen molar-refractivity contribution in [2.75, 3.05) is 22.0 Å². The van der Waals surface area contributed by atoms with Crippen molar-refractivity contribution in [2.24, 2.45) is 10.2 Å². The van der Waals surface area contributed by atoms with Gasteiger partial charge in [-0.3, -0.25) is 0 Å². The third kappa shape index (κ3) is 4.42. The second-order valence-corrected chi connectivity index (χ2v) is 8.88. The van der Waals surface area contributed by atoms with E-state index in [1.165, 1.54) is 30.3 Å². The van der Waals surface area contributed by atoms with Crippen LogP contribution in [-0.2, 0) is 20.0 Å². The zero-order valence-electron chi connectivity index (χ0n) is 13.2. The predicted octanol–water partition coefficient (Wildman–Crippen LogP) is 1.51. The lowest BCUT2D eigenvalue weighted by Crippen LogP contribution is -2.35. The molecule has 0 fully saturated rings. The number of para-hydroxylation sites is 1. The van der Waals surface area contributed by atoms with Crippen molar-refractivity contribution in [3.8, 4) is 5.75 Å². The molecule has 1 heterocycles. The van der Waals surface area contributed by atoms with Crippen LogP contribution in [0.5, 0.6) is 5.75 Å². The molecule has 0 aliphatic carbocycles. The SMILES string of the molecule is CS(=O)(=O)N(c1ccccc1N=Nc1ccc(O)c(N)n1)S(C)(=O)=O. The van der Waals surface area contributed by atoms with Crippen molar-refractivity contribution in [2.45, 2.75) is 0 Å². The van der Waals surface area contributed by atoms with Crippen molar-refractivity contribution in [3.05, 3.63) is 36.4 Å². The number of anilines is 2. The molecule has 25 heavy (non-hydrogen) atoms. The molecule has 0 saturated carbocycles. The zero-order chi connectivity index (χ0) is 18.8. The lowest BCUT2D eigenvalue weighted by Gasteiger charge is -2.20. The van der Waals surface area contributed by atoms with Crippen molar-refractivity contribution >= 4 is 43.1 Å². The van der Waals surface area contributed by atoms with Gasteiger partial charge in [0.25, 0.3) is 0 Å². The largest absolute Gasteiger partial charge is 0.504 e. The fourth-order valence-corrected chi connectivity index (χ4v) is 4.91. The quantitative estimate of drug-likeness (QED) is 0.739. The molecule has 0 spiro atoms. The number of hydrogen-bond donors (Lipinski definition) is 2. The monoisotopic (exact) mass is 385 g/mol. The topological polar surface area (TPSA) is 155 Å². The number of sulfonamides is 2. The second-order valence-electron chi connectivity index (χ2n) is 4.99. The Bertz CT molecular complexity index is 1000. The molecule has 1 aromatic carbocycles. The number of nitrogens with two attached hydrogens (primary N) is 1. The Hall–Kier alpha value is -2.73. The molecule has 12 heteroatoms. The summed E-state index contributed by atoms with van der Waals surface area (Å²) in [5.74, 6) is -0.325. The van der Waals surface area contributed by atoms with E-state index in [-0.39, 0.29) is 32.5 Å². The highest BCUT2D eigenvalue weighted by atomic mass is 32.3. The van der Waals surface area contributed by atoms with E-state index in [4.69, 9.17) is 5.73 Å². The first-order valence-electron chi connectivity index (χ1n) is 6.67. The van der Waals surface area contributed by atoms with E-state index in [1.54, 1.807) is 6.07 Å². The summed E-state index contributed by atoms with van der Waals surface area (Å²) in [5.41, 5.74) is 5.27. The fraction of sp³-hybridized carbons (Fsp3) is 0.154. The van der Waals surface area contributed by atoms with E-state index < -0.39 is 20.0 Å². The summed E-state index contributed by atoms with van der Waals surface area (Å²) < 4.78 is 47.9. The van der Waals surface area contributed by atoms with Crippen LogP contribution in [0.15, 0.2) is 46.6 Å². The summed E-state index contributed by atoms with van der Waals surface area (Å²) in [7, 11) is -8.24. The van der Waals surface area contributed by atoms with Gasteiger partial charge in [-0.25, -0.2) is 21.8 Å². The lowest BCUT2D eigenvalue weighted by molar-refractivity contribution is 0.476. The van der Waals surface area contributed by atoms with E-state index in [0.717, 1.165) is 12.5 Å². The number of aromatic hydroxyl groups is 1. The van der Waals surface area contributed by atoms with Crippen LogP contribution in [0.4, 0.5) is 23.0 Å². The fourth-order valence-electron chi connectivity index (χ4n) is 1.92. The van der Waals surface area contributed by atoms with E-state index in [0.29, 0.717) is 0 Å². The van der Waals surface area contributed by atoms with Crippen LogP contribution in [0.2, 0.25) is 0 Å². The van der Waals surface area contributed by atoms with Crippen molar-refractivity contribution in [1.29, 1.82) is 0 Å². The first kappa shape index (κ1) is 18.6. The molecular weight excluding hydrogens is 370 g/mol. The number of rotatable bonds is 5. The Morgan fingerprint density at radius 1 is 1.00 bits per heavy atom. The summed E-state index contributed by atoms with van der Waals surface area (Å²) in [4.78, 5) is 3.78. The van der Waals surface area contributed by atoms with Gasteiger partial charge in [0, 0.05) is 0 Å². The minimum atomic E-state index is -4.12. The van der Waals surface area contributed by atoms with Crippen LogP contribution >= 0.6 is 0 Å². The Morgan fingerprint density at radius 2 is 1.60 bits per heavy atom. The highest BCUT2D eigenvalue weighted by Gasteiger charge is 2.29. The van der Waals surface area contributed by atoms with Crippen molar-refractivity contribution in [1.82, 2.24) is 4.98 Å². The molecule has 0 bridgehead atoms. The summed E-state index contributed by atoms with van der Waals surface area (Å²) >= 11 is 0. The molecular formula is C13H15N5O5S2. The number of azo groups is 1.